The fraction of sp³-hybridized carbons (Fsp3) is 0.714. The number of rotatable bonds is 7. The summed E-state index contributed by atoms with van der Waals surface area (Å²) in [6, 6.07) is 0. The van der Waals surface area contributed by atoms with Gasteiger partial charge >= 0.3 is 6.11 Å². The third-order valence-electron chi connectivity index (χ3n) is 3.21. The van der Waals surface area contributed by atoms with E-state index >= 15 is 0 Å². The Labute approximate surface area is 118 Å². The molecule has 0 radical (unpaired) electrons. The van der Waals surface area contributed by atoms with Crippen LogP contribution in [0.15, 0.2) is 11.6 Å². The van der Waals surface area contributed by atoms with Crippen molar-refractivity contribution in [2.45, 2.75) is 45.1 Å². The molecule has 0 aromatic rings. The molecule has 0 saturated heterocycles. The second-order valence-electron chi connectivity index (χ2n) is 5.16. The number of likely N-dealkylation sites (N-methyl/N-ethyl adjacent to an activating group) is 1. The summed E-state index contributed by atoms with van der Waals surface area (Å²) in [5.41, 5.74) is 0.333. The number of alkyl halides is 2. The highest BCUT2D eigenvalue weighted by atomic mass is 19.3. The minimum Gasteiger partial charge on any atom is -0.413 e. The molecule has 20 heavy (non-hydrogen) atoms. The van der Waals surface area contributed by atoms with Crippen LogP contribution in [0.2, 0.25) is 0 Å². The monoisotopic (exact) mass is 287 g/mol. The molecule has 6 heteroatoms. The Kier molecular flexibility index (Phi) is 6.26. The van der Waals surface area contributed by atoms with E-state index in [0.29, 0.717) is 25.0 Å². The summed E-state index contributed by atoms with van der Waals surface area (Å²) in [6.07, 6.45) is 0.719. The number of unbranched alkanes of at least 4 members (excludes halogenated alkanes) is 2. The van der Waals surface area contributed by atoms with Gasteiger partial charge in [-0.15, -0.1) is 0 Å². The van der Waals surface area contributed by atoms with E-state index in [1.54, 1.807) is 0 Å². The average Bonchev–Trinajstić information content (AvgIpc) is 2.37. The Morgan fingerprint density at radius 3 is 2.70 bits per heavy atom. The highest BCUT2D eigenvalue weighted by Gasteiger charge is 2.33. The minimum atomic E-state index is -3.36. The molecule has 0 atom stereocenters. The molecule has 1 heterocycles. The maximum Gasteiger partial charge on any atom is 0.399 e. The SMILES string of the molecule is CCCCCC(F)(F)OC(=N)C(=N)C1=CCCN(C)C1. The van der Waals surface area contributed by atoms with Crippen LogP contribution in [-0.2, 0) is 4.74 Å². The maximum absolute atomic E-state index is 13.5. The van der Waals surface area contributed by atoms with Gasteiger partial charge in [-0.05, 0) is 25.5 Å². The van der Waals surface area contributed by atoms with Gasteiger partial charge in [0.15, 0.2) is 0 Å². The summed E-state index contributed by atoms with van der Waals surface area (Å²) in [4.78, 5) is 1.98. The first kappa shape index (κ1) is 16.8. The quantitative estimate of drug-likeness (QED) is 0.428. The van der Waals surface area contributed by atoms with E-state index in [2.05, 4.69) is 4.74 Å². The van der Waals surface area contributed by atoms with E-state index in [9.17, 15) is 8.78 Å². The normalized spacial score (nSPS) is 16.7. The minimum absolute atomic E-state index is 0.244. The Hall–Kier alpha value is -1.30. The first-order valence-electron chi connectivity index (χ1n) is 6.98. The van der Waals surface area contributed by atoms with Crippen molar-refractivity contribution in [3.8, 4) is 0 Å². The molecule has 0 bridgehead atoms. The van der Waals surface area contributed by atoms with E-state index < -0.39 is 18.4 Å². The molecule has 114 valence electrons. The molecule has 2 N–H and O–H groups in total. The first-order valence-corrected chi connectivity index (χ1v) is 6.98. The van der Waals surface area contributed by atoms with Crippen LogP contribution in [0.4, 0.5) is 8.78 Å². The van der Waals surface area contributed by atoms with Crippen molar-refractivity contribution < 1.29 is 13.5 Å². The average molecular weight is 287 g/mol. The summed E-state index contributed by atoms with van der Waals surface area (Å²) in [5, 5.41) is 15.3. The molecule has 0 aromatic heterocycles. The van der Waals surface area contributed by atoms with Crippen molar-refractivity contribution >= 4 is 11.6 Å². The van der Waals surface area contributed by atoms with E-state index in [-0.39, 0.29) is 5.71 Å². The molecule has 1 aliphatic rings. The number of hydrogen-bond acceptors (Lipinski definition) is 4. The van der Waals surface area contributed by atoms with E-state index in [1.807, 2.05) is 24.9 Å². The molecule has 1 rings (SSSR count). The lowest BCUT2D eigenvalue weighted by Crippen LogP contribution is -2.34. The summed E-state index contributed by atoms with van der Waals surface area (Å²) in [6.45, 7) is 3.30. The molecule has 0 aliphatic carbocycles. The van der Waals surface area contributed by atoms with Gasteiger partial charge in [0.2, 0.25) is 5.90 Å². The van der Waals surface area contributed by atoms with Crippen molar-refractivity contribution in [1.29, 1.82) is 10.8 Å². The van der Waals surface area contributed by atoms with Crippen LogP contribution in [0.1, 0.15) is 39.0 Å². The van der Waals surface area contributed by atoms with Gasteiger partial charge in [-0.1, -0.05) is 25.8 Å². The topological polar surface area (TPSA) is 60.2 Å². The van der Waals surface area contributed by atoms with Crippen LogP contribution in [0.3, 0.4) is 0 Å². The van der Waals surface area contributed by atoms with Crippen LogP contribution >= 0.6 is 0 Å². The zero-order valence-corrected chi connectivity index (χ0v) is 12.1. The summed E-state index contributed by atoms with van der Waals surface area (Å²) < 4.78 is 31.4. The van der Waals surface area contributed by atoms with E-state index in [4.69, 9.17) is 10.8 Å². The van der Waals surface area contributed by atoms with E-state index in [1.165, 1.54) is 0 Å². The number of nitrogens with zero attached hydrogens (tertiary/aromatic N) is 1. The summed E-state index contributed by atoms with van der Waals surface area (Å²) >= 11 is 0. The van der Waals surface area contributed by atoms with Gasteiger partial charge in [-0.2, -0.15) is 8.78 Å². The highest BCUT2D eigenvalue weighted by molar-refractivity contribution is 6.43. The molecule has 0 aromatic carbocycles. The van der Waals surface area contributed by atoms with Crippen LogP contribution in [-0.4, -0.2) is 42.8 Å². The Morgan fingerprint density at radius 2 is 2.10 bits per heavy atom. The van der Waals surface area contributed by atoms with Crippen LogP contribution in [0.25, 0.3) is 0 Å². The number of halogens is 2. The fourth-order valence-electron chi connectivity index (χ4n) is 2.05. The molecular weight excluding hydrogens is 264 g/mol. The van der Waals surface area contributed by atoms with Crippen molar-refractivity contribution in [1.82, 2.24) is 4.90 Å². The molecule has 1 aliphatic heterocycles. The molecular formula is C14H23F2N3O. The Balaban J connectivity index is 2.52. The van der Waals surface area contributed by atoms with Crippen molar-refractivity contribution in [3.05, 3.63) is 11.6 Å². The van der Waals surface area contributed by atoms with Gasteiger partial charge in [0.05, 0.1) is 6.42 Å². The molecule has 0 spiro atoms. The van der Waals surface area contributed by atoms with Gasteiger partial charge < -0.3 is 9.64 Å². The van der Waals surface area contributed by atoms with Gasteiger partial charge in [0.25, 0.3) is 0 Å². The predicted molar refractivity (Wildman–Crippen MR) is 75.8 cm³/mol. The van der Waals surface area contributed by atoms with Crippen molar-refractivity contribution in [2.75, 3.05) is 20.1 Å². The molecule has 0 fully saturated rings. The largest absolute Gasteiger partial charge is 0.413 e. The second-order valence-corrected chi connectivity index (χ2v) is 5.16. The Morgan fingerprint density at radius 1 is 1.40 bits per heavy atom. The first-order chi connectivity index (χ1) is 9.35. The lowest BCUT2D eigenvalue weighted by molar-refractivity contribution is -0.190. The van der Waals surface area contributed by atoms with Crippen LogP contribution < -0.4 is 0 Å². The summed E-state index contributed by atoms with van der Waals surface area (Å²) in [5.74, 6) is -0.743. The predicted octanol–water partition coefficient (Wildman–Crippen LogP) is 3.44. The number of hydrogen-bond donors (Lipinski definition) is 2. The highest BCUT2D eigenvalue weighted by Crippen LogP contribution is 2.24. The summed E-state index contributed by atoms with van der Waals surface area (Å²) in [7, 11) is 1.89. The van der Waals surface area contributed by atoms with Gasteiger partial charge in [0.1, 0.15) is 5.71 Å². The second kappa shape index (κ2) is 7.47. The third kappa shape index (κ3) is 5.36. The van der Waals surface area contributed by atoms with Gasteiger partial charge in [-0.25, -0.2) is 0 Å². The van der Waals surface area contributed by atoms with Crippen molar-refractivity contribution in [3.63, 3.8) is 0 Å². The van der Waals surface area contributed by atoms with Crippen LogP contribution in [0.5, 0.6) is 0 Å². The Bertz CT molecular complexity index is 394. The molecule has 0 unspecified atom stereocenters. The lowest BCUT2D eigenvalue weighted by atomic mass is 10.1. The van der Waals surface area contributed by atoms with Gasteiger partial charge in [-0.3, -0.25) is 10.8 Å². The van der Waals surface area contributed by atoms with Crippen LogP contribution in [0, 0.1) is 10.8 Å². The molecule has 0 amide bonds. The standard InChI is InChI=1S/C14H23F2N3O/c1-3-4-5-8-14(15,16)20-13(18)12(17)11-7-6-9-19(2)10-11/h7,17-18H,3-6,8-10H2,1-2H3. The maximum atomic E-state index is 13.5. The zero-order valence-electron chi connectivity index (χ0n) is 12.1. The van der Waals surface area contributed by atoms with E-state index in [0.717, 1.165) is 19.4 Å². The lowest BCUT2D eigenvalue weighted by Gasteiger charge is -2.24. The molecule has 0 saturated carbocycles. The van der Waals surface area contributed by atoms with Crippen molar-refractivity contribution in [2.24, 2.45) is 0 Å². The molecule has 4 nitrogen and oxygen atoms in total. The number of nitrogens with one attached hydrogen (secondary N) is 2. The number of ether oxygens (including phenoxy) is 1. The fourth-order valence-corrected chi connectivity index (χ4v) is 2.05. The smallest absolute Gasteiger partial charge is 0.399 e. The zero-order chi connectivity index (χ0) is 15.2. The van der Waals surface area contributed by atoms with Gasteiger partial charge in [0, 0.05) is 13.1 Å². The third-order valence-corrected chi connectivity index (χ3v) is 3.21.